The Bertz CT molecular complexity index is 770. The Kier molecular flexibility index (Phi) is 7.65. The van der Waals surface area contributed by atoms with Crippen molar-refractivity contribution in [3.63, 3.8) is 0 Å². The molecule has 0 aromatic heterocycles. The first-order valence-electron chi connectivity index (χ1n) is 10.4. The van der Waals surface area contributed by atoms with E-state index in [0.717, 1.165) is 25.9 Å². The minimum absolute atomic E-state index is 0.00256. The molecule has 30 heavy (non-hydrogen) atoms. The molecule has 6 nitrogen and oxygen atoms in total. The largest absolute Gasteiger partial charge is 0.493 e. The van der Waals surface area contributed by atoms with Crippen LogP contribution in [0.5, 0.6) is 11.5 Å². The molecule has 2 aliphatic heterocycles. The summed E-state index contributed by atoms with van der Waals surface area (Å²) in [6.45, 7) is -0.126. The number of rotatable bonds is 6. The number of amides is 2. The van der Waals surface area contributed by atoms with Crippen LogP contribution in [0.4, 0.5) is 8.78 Å². The van der Waals surface area contributed by atoms with E-state index in [9.17, 15) is 18.4 Å². The van der Waals surface area contributed by atoms with Crippen LogP contribution < -0.4 is 9.47 Å². The van der Waals surface area contributed by atoms with Gasteiger partial charge in [-0.3, -0.25) is 9.59 Å². The molecule has 2 amide bonds. The molecule has 2 fully saturated rings. The molecular formula is C22H28F2N2O4. The zero-order chi connectivity index (χ0) is 21.5. The highest BCUT2D eigenvalue weighted by Crippen LogP contribution is 2.30. The molecule has 2 aliphatic rings. The van der Waals surface area contributed by atoms with Gasteiger partial charge in [-0.15, -0.1) is 0 Å². The van der Waals surface area contributed by atoms with Crippen molar-refractivity contribution in [1.82, 2.24) is 9.80 Å². The molecule has 0 radical (unpaired) electrons. The van der Waals surface area contributed by atoms with Crippen molar-refractivity contribution in [3.05, 3.63) is 29.8 Å². The predicted octanol–water partition coefficient (Wildman–Crippen LogP) is 3.56. The van der Waals surface area contributed by atoms with Crippen LogP contribution in [0.3, 0.4) is 0 Å². The van der Waals surface area contributed by atoms with Gasteiger partial charge < -0.3 is 19.3 Å². The normalized spacial score (nSPS) is 18.1. The lowest BCUT2D eigenvalue weighted by Crippen LogP contribution is -2.45. The Hall–Kier alpha value is -2.64. The van der Waals surface area contributed by atoms with E-state index in [1.165, 1.54) is 31.7 Å². The fourth-order valence-electron chi connectivity index (χ4n) is 3.97. The molecule has 2 heterocycles. The molecule has 3 rings (SSSR count). The molecule has 164 valence electrons. The molecule has 8 heteroatoms. The highest BCUT2D eigenvalue weighted by atomic mass is 19.3. The standard InChI is InChI=1S/C22H28F2N2O4/c1-29-19-15-16(5-7-18(19)30-22(23)24)6-8-20(27)25-13-9-17(10-14-25)21(28)26-11-3-2-4-12-26/h5-8,15,17,22H,2-4,9-14H2,1H3/b8-6+. The van der Waals surface area contributed by atoms with Crippen LogP contribution in [-0.2, 0) is 9.59 Å². The van der Waals surface area contributed by atoms with Gasteiger partial charge in [0.2, 0.25) is 11.8 Å². The average Bonchev–Trinajstić information content (AvgIpc) is 2.78. The summed E-state index contributed by atoms with van der Waals surface area (Å²) >= 11 is 0. The smallest absolute Gasteiger partial charge is 0.387 e. The van der Waals surface area contributed by atoms with Gasteiger partial charge in [-0.1, -0.05) is 6.07 Å². The Morgan fingerprint density at radius 2 is 1.73 bits per heavy atom. The fraction of sp³-hybridized carbons (Fsp3) is 0.545. The van der Waals surface area contributed by atoms with Crippen molar-refractivity contribution >= 4 is 17.9 Å². The summed E-state index contributed by atoms with van der Waals surface area (Å²) in [6.07, 6.45) is 7.78. The summed E-state index contributed by atoms with van der Waals surface area (Å²) in [4.78, 5) is 28.9. The van der Waals surface area contributed by atoms with E-state index in [1.54, 1.807) is 17.0 Å². The second-order valence-electron chi connectivity index (χ2n) is 7.61. The molecule has 0 unspecified atom stereocenters. The van der Waals surface area contributed by atoms with Crippen LogP contribution in [0.1, 0.15) is 37.7 Å². The molecule has 1 aromatic carbocycles. The second kappa shape index (κ2) is 10.4. The molecule has 0 saturated carbocycles. The third-order valence-electron chi connectivity index (χ3n) is 5.65. The topological polar surface area (TPSA) is 59.1 Å². The van der Waals surface area contributed by atoms with Crippen molar-refractivity contribution in [2.24, 2.45) is 5.92 Å². The number of benzene rings is 1. The van der Waals surface area contributed by atoms with Gasteiger partial charge in [-0.2, -0.15) is 8.78 Å². The highest BCUT2D eigenvalue weighted by molar-refractivity contribution is 5.92. The number of hydrogen-bond acceptors (Lipinski definition) is 4. The Morgan fingerprint density at radius 3 is 2.37 bits per heavy atom. The number of nitrogens with zero attached hydrogens (tertiary/aromatic N) is 2. The van der Waals surface area contributed by atoms with Crippen LogP contribution in [0.15, 0.2) is 24.3 Å². The van der Waals surface area contributed by atoms with Crippen molar-refractivity contribution < 1.29 is 27.8 Å². The maximum Gasteiger partial charge on any atom is 0.387 e. The summed E-state index contributed by atoms with van der Waals surface area (Å²) in [6, 6.07) is 4.49. The van der Waals surface area contributed by atoms with E-state index in [-0.39, 0.29) is 29.2 Å². The Balaban J connectivity index is 1.53. The van der Waals surface area contributed by atoms with E-state index in [2.05, 4.69) is 4.74 Å². The van der Waals surface area contributed by atoms with Crippen molar-refractivity contribution in [1.29, 1.82) is 0 Å². The van der Waals surface area contributed by atoms with Gasteiger partial charge in [-0.05, 0) is 55.9 Å². The van der Waals surface area contributed by atoms with Crippen molar-refractivity contribution in [2.45, 2.75) is 38.7 Å². The van der Waals surface area contributed by atoms with E-state index < -0.39 is 6.61 Å². The number of methoxy groups -OCH3 is 1. The van der Waals surface area contributed by atoms with E-state index >= 15 is 0 Å². The quantitative estimate of drug-likeness (QED) is 0.658. The molecule has 0 spiro atoms. The third-order valence-corrected chi connectivity index (χ3v) is 5.65. The summed E-state index contributed by atoms with van der Waals surface area (Å²) in [5.74, 6) is 0.211. The van der Waals surface area contributed by atoms with Gasteiger partial charge in [0.05, 0.1) is 7.11 Å². The van der Waals surface area contributed by atoms with Gasteiger partial charge in [0, 0.05) is 38.2 Å². The predicted molar refractivity (Wildman–Crippen MR) is 108 cm³/mol. The molecule has 2 saturated heterocycles. The SMILES string of the molecule is COc1cc(/C=C/C(=O)N2CCC(C(=O)N3CCCCC3)CC2)ccc1OC(F)F. The van der Waals surface area contributed by atoms with E-state index in [1.807, 2.05) is 4.90 Å². The number of carbonyl (C=O) groups excluding carboxylic acids is 2. The fourth-order valence-corrected chi connectivity index (χ4v) is 3.97. The van der Waals surface area contributed by atoms with Gasteiger partial charge in [0.1, 0.15) is 0 Å². The Morgan fingerprint density at radius 1 is 1.03 bits per heavy atom. The number of alkyl halides is 2. The molecule has 0 bridgehead atoms. The summed E-state index contributed by atoms with van der Waals surface area (Å²) in [7, 11) is 1.36. The molecule has 0 N–H and O–H groups in total. The number of carbonyl (C=O) groups is 2. The first kappa shape index (κ1) is 22.1. The Labute approximate surface area is 175 Å². The summed E-state index contributed by atoms with van der Waals surface area (Å²) < 4.78 is 34.3. The van der Waals surface area contributed by atoms with Crippen molar-refractivity contribution in [2.75, 3.05) is 33.3 Å². The zero-order valence-electron chi connectivity index (χ0n) is 17.2. The van der Waals surface area contributed by atoms with E-state index in [0.29, 0.717) is 31.5 Å². The second-order valence-corrected chi connectivity index (χ2v) is 7.61. The van der Waals surface area contributed by atoms with Gasteiger partial charge in [-0.25, -0.2) is 0 Å². The van der Waals surface area contributed by atoms with Gasteiger partial charge in [0.25, 0.3) is 0 Å². The van der Waals surface area contributed by atoms with E-state index in [4.69, 9.17) is 4.74 Å². The van der Waals surface area contributed by atoms with Crippen molar-refractivity contribution in [3.8, 4) is 11.5 Å². The number of hydrogen-bond donors (Lipinski definition) is 0. The molecule has 0 atom stereocenters. The third kappa shape index (κ3) is 5.70. The number of likely N-dealkylation sites (tertiary alicyclic amines) is 2. The lowest BCUT2D eigenvalue weighted by Gasteiger charge is -2.35. The maximum atomic E-state index is 12.6. The zero-order valence-corrected chi connectivity index (χ0v) is 17.2. The maximum absolute atomic E-state index is 12.6. The summed E-state index contributed by atoms with van der Waals surface area (Å²) in [5.41, 5.74) is 0.636. The number of piperidine rings is 2. The lowest BCUT2D eigenvalue weighted by molar-refractivity contribution is -0.140. The lowest BCUT2D eigenvalue weighted by atomic mass is 9.94. The van der Waals surface area contributed by atoms with Crippen LogP contribution in [0.2, 0.25) is 0 Å². The minimum Gasteiger partial charge on any atom is -0.493 e. The van der Waals surface area contributed by atoms with Crippen LogP contribution >= 0.6 is 0 Å². The monoisotopic (exact) mass is 422 g/mol. The average molecular weight is 422 g/mol. The molecular weight excluding hydrogens is 394 g/mol. The molecule has 1 aromatic rings. The van der Waals surface area contributed by atoms with Gasteiger partial charge >= 0.3 is 6.61 Å². The highest BCUT2D eigenvalue weighted by Gasteiger charge is 2.30. The number of halogens is 2. The van der Waals surface area contributed by atoms with Crippen LogP contribution in [0.25, 0.3) is 6.08 Å². The molecule has 0 aliphatic carbocycles. The van der Waals surface area contributed by atoms with Gasteiger partial charge in [0.15, 0.2) is 11.5 Å². The summed E-state index contributed by atoms with van der Waals surface area (Å²) in [5, 5.41) is 0. The minimum atomic E-state index is -2.94. The van der Waals surface area contributed by atoms with Crippen LogP contribution in [0, 0.1) is 5.92 Å². The first-order valence-corrected chi connectivity index (χ1v) is 10.4. The number of ether oxygens (including phenoxy) is 2. The van der Waals surface area contributed by atoms with Crippen LogP contribution in [-0.4, -0.2) is 61.5 Å². The first-order chi connectivity index (χ1) is 14.5.